The summed E-state index contributed by atoms with van der Waals surface area (Å²) in [6.45, 7) is 66.4. The number of carbonyl (C=O) groups is 15. The molecule has 0 saturated carbocycles. The Kier molecular flexibility index (Phi) is 111. The molecule has 3 N–H and O–H groups in total. The van der Waals surface area contributed by atoms with Crippen LogP contribution in [0, 0.1) is 5.92 Å². The van der Waals surface area contributed by atoms with Gasteiger partial charge in [-0.15, -0.1) is 0 Å². The van der Waals surface area contributed by atoms with Crippen molar-refractivity contribution in [2.75, 3.05) is 100 Å². The minimum absolute atomic E-state index is 0.0324. The lowest BCUT2D eigenvalue weighted by Gasteiger charge is -2.09. The zero-order chi connectivity index (χ0) is 96.5. The average Bonchev–Trinajstić information content (AvgIpc) is 1.53. The van der Waals surface area contributed by atoms with E-state index in [2.05, 4.69) is 142 Å². The summed E-state index contributed by atoms with van der Waals surface area (Å²) in [6.07, 6.45) is 15.3. The number of carboxylic acid groups (broad SMARTS) is 1. The molecular weight excluding hydrogens is 1600 g/mol. The number of ketones is 1. The number of carbonyl (C=O) groups excluding carboxylic acids is 14. The molecule has 2 aromatic rings. The van der Waals surface area contributed by atoms with Crippen molar-refractivity contribution < 1.29 is 158 Å². The van der Waals surface area contributed by atoms with Crippen molar-refractivity contribution in [3.63, 3.8) is 0 Å². The molecule has 0 bridgehead atoms. The third-order valence-electron chi connectivity index (χ3n) is 11.0. The third-order valence-corrected chi connectivity index (χ3v) is 11.0. The van der Waals surface area contributed by atoms with E-state index in [0.717, 1.165) is 73.3 Å². The Morgan fingerprint density at radius 2 is 0.820 bits per heavy atom. The van der Waals surface area contributed by atoms with Gasteiger partial charge in [0, 0.05) is 77.8 Å². The van der Waals surface area contributed by atoms with Crippen LogP contribution in [-0.4, -0.2) is 211 Å². The van der Waals surface area contributed by atoms with Crippen LogP contribution in [0.4, 0.5) is 0 Å². The smallest absolute Gasteiger partial charge is 0.333 e. The highest BCUT2D eigenvalue weighted by Crippen LogP contribution is 2.11. The maximum absolute atomic E-state index is 10.8. The number of aliphatic carboxylic acids is 1. The van der Waals surface area contributed by atoms with Gasteiger partial charge in [0.1, 0.15) is 76.9 Å². The number of hydrogen-bond acceptors (Lipinski definition) is 32. The lowest BCUT2D eigenvalue weighted by Crippen LogP contribution is -2.15. The number of hydrogen-bond donors (Lipinski definition) is 3. The van der Waals surface area contributed by atoms with Gasteiger partial charge >= 0.3 is 83.6 Å². The van der Waals surface area contributed by atoms with Gasteiger partial charge < -0.3 is 86.4 Å². The van der Waals surface area contributed by atoms with E-state index in [1.54, 1.807) is 27.7 Å². The zero-order valence-electron chi connectivity index (χ0n) is 73.5. The molecule has 122 heavy (non-hydrogen) atoms. The molecule has 1 aliphatic rings. The molecule has 2 atom stereocenters. The van der Waals surface area contributed by atoms with Crippen LogP contribution >= 0.6 is 0 Å². The van der Waals surface area contributed by atoms with E-state index in [1.807, 2.05) is 81.4 Å². The number of Topliss-reactive ketones (excluding diaryl/α,β-unsaturated/α-hetero) is 1. The first-order valence-electron chi connectivity index (χ1n) is 37.1. The molecule has 1 heterocycles. The monoisotopic (exact) mass is 1730 g/mol. The van der Waals surface area contributed by atoms with Crippen LogP contribution in [-0.2, 0) is 145 Å². The van der Waals surface area contributed by atoms with Gasteiger partial charge in [-0.05, 0) is 78.0 Å². The Morgan fingerprint density at radius 1 is 0.451 bits per heavy atom. The van der Waals surface area contributed by atoms with E-state index in [1.165, 1.54) is 60.0 Å². The number of unbranched alkanes of at least 4 members (excludes halogenated alkanes) is 2. The highest BCUT2D eigenvalue weighted by molar-refractivity contribution is 5.94. The molecule has 33 heteroatoms. The summed E-state index contributed by atoms with van der Waals surface area (Å²) in [5, 5.41) is 23.9. The van der Waals surface area contributed by atoms with Crippen LogP contribution in [0.1, 0.15) is 127 Å². The summed E-state index contributed by atoms with van der Waals surface area (Å²) in [4.78, 5) is 155. The number of aliphatic hydroxyl groups excluding tert-OH is 2. The van der Waals surface area contributed by atoms with E-state index in [-0.39, 0.29) is 112 Å². The van der Waals surface area contributed by atoms with Crippen LogP contribution < -0.4 is 4.74 Å². The molecule has 0 aliphatic carbocycles. The lowest BCUT2D eigenvalue weighted by atomic mass is 10.1. The number of epoxide rings is 1. The molecule has 3 rings (SSSR count). The van der Waals surface area contributed by atoms with Crippen molar-refractivity contribution in [1.29, 1.82) is 0 Å². The Balaban J connectivity index is -0.000000123. The van der Waals surface area contributed by atoms with Gasteiger partial charge in [0.05, 0.1) is 60.1 Å². The normalized spacial score (nSPS) is 9.72. The summed E-state index contributed by atoms with van der Waals surface area (Å²) in [5.74, 6) is -5.35. The molecule has 686 valence electrons. The minimum Gasteiger partial charge on any atom is -0.490 e. The molecule has 2 aromatic carbocycles. The fourth-order valence-electron chi connectivity index (χ4n) is 5.13. The second-order valence-electron chi connectivity index (χ2n) is 22.0. The molecule has 0 amide bonds. The molecule has 1 fully saturated rings. The van der Waals surface area contributed by atoms with Crippen molar-refractivity contribution >= 4 is 89.4 Å². The number of carboxylic acids is 1. The minimum atomic E-state index is -0.981. The van der Waals surface area contributed by atoms with Crippen LogP contribution in [0.3, 0.4) is 0 Å². The Hall–Kier alpha value is -13.0. The maximum Gasteiger partial charge on any atom is 0.333 e. The van der Waals surface area contributed by atoms with Gasteiger partial charge in [0.15, 0.2) is 0 Å². The van der Waals surface area contributed by atoms with Gasteiger partial charge in [0.25, 0.3) is 0 Å². The molecule has 0 radical (unpaired) electrons. The number of aliphatic hydroxyl groups is 2. The Morgan fingerprint density at radius 3 is 1.15 bits per heavy atom. The van der Waals surface area contributed by atoms with E-state index >= 15 is 0 Å². The third kappa shape index (κ3) is 125. The number of benzene rings is 2. The zero-order valence-corrected chi connectivity index (χ0v) is 73.5. The van der Waals surface area contributed by atoms with Gasteiger partial charge in [0.2, 0.25) is 0 Å². The molecule has 0 spiro atoms. The molecule has 1 saturated heterocycles. The van der Waals surface area contributed by atoms with Gasteiger partial charge in [-0.3, -0.25) is 14.4 Å². The van der Waals surface area contributed by atoms with Crippen molar-refractivity contribution in [1.82, 2.24) is 0 Å². The summed E-state index contributed by atoms with van der Waals surface area (Å²) in [7, 11) is 2.64. The predicted octanol–water partition coefficient (Wildman–Crippen LogP) is 12.5. The standard InChI is InChI=1S/C11H12O3.C10H14O5.C10H10O2.C10H18O2.C7H10O3.C7H12O2.C6H10O3.C5H8O3.2C5H8O2.2C4H6O2.C3H4O2.C2H6/c1-2-11(12)14-9-8-13-10-6-4-3-5-7-10;1-7(2)10(13)15-5-4-14-9(12)6-8(3)11;1-2-10(11)12-8-9-6-4-3-5-7-9;1-4-6-7-9(3)8-12-10(11)5-2;1-5(2)7(8)10-4-6-3-9-6;1-3-5-6-9-7(8)4-2;1-5(2)6(8)9-4-3-7;1-2-5(7)8-4-3-6;1-4(2)5(6)7-3;1-3-5(6)7-4-2;1-3-4(5)6-2;1-3-6-4(2)5;1-2-3(4)5;1-2/h2-7H,1,8-9H2;1,4-6H2,2-3H3;2-7H,1,8H2;5,9H,2,4,6-8H2,1,3H3;6H,1,3-4H2,2H3;4H,2-3,5-6H2,1H3;7H,1,3-4H2,2H3;2,6H,1,3-4H2;1H2,2-3H3;3H,1,4H2,2H3;2*3H,1H2,2H3;2H,1H2,(H,4,5);1-2H3. The van der Waals surface area contributed by atoms with Crippen LogP contribution in [0.15, 0.2) is 223 Å². The first-order valence-corrected chi connectivity index (χ1v) is 37.1. The molecule has 1 aliphatic heterocycles. The molecule has 2 unspecified atom stereocenters. The van der Waals surface area contributed by atoms with Crippen LogP contribution in [0.5, 0.6) is 5.75 Å². The maximum atomic E-state index is 10.8. The second-order valence-corrected chi connectivity index (χ2v) is 22.0. The van der Waals surface area contributed by atoms with Crippen molar-refractivity contribution in [3.8, 4) is 5.75 Å². The Bertz CT molecular complexity index is 3360. The van der Waals surface area contributed by atoms with Crippen molar-refractivity contribution in [2.24, 2.45) is 5.92 Å². The van der Waals surface area contributed by atoms with E-state index in [4.69, 9.17) is 43.7 Å². The van der Waals surface area contributed by atoms with Crippen LogP contribution in [0.25, 0.3) is 0 Å². The summed E-state index contributed by atoms with van der Waals surface area (Å²) in [5.41, 5.74) is 2.48. The average molecular weight is 1730 g/mol. The van der Waals surface area contributed by atoms with Gasteiger partial charge in [-0.25, -0.2) is 57.5 Å². The number of rotatable bonds is 39. The molecule has 33 nitrogen and oxygen atoms in total. The number of ether oxygens (including phenoxy) is 15. The first-order chi connectivity index (χ1) is 57.6. The van der Waals surface area contributed by atoms with Gasteiger partial charge in [-0.2, -0.15) is 0 Å². The fraction of sp³-hybridized carbons (Fsp3) is 0.404. The molecular formula is C89H132O33. The quantitative estimate of drug-likeness (QED) is 0.0106. The highest BCUT2D eigenvalue weighted by atomic mass is 16.6. The largest absolute Gasteiger partial charge is 0.490 e. The number of esters is 13. The van der Waals surface area contributed by atoms with Crippen molar-refractivity contribution in [2.45, 2.75) is 134 Å². The summed E-state index contributed by atoms with van der Waals surface area (Å²) < 4.78 is 69.1. The second kappa shape index (κ2) is 102. The highest BCUT2D eigenvalue weighted by Gasteiger charge is 2.24. The summed E-state index contributed by atoms with van der Waals surface area (Å²) >= 11 is 0. The van der Waals surface area contributed by atoms with E-state index in [9.17, 15) is 71.9 Å². The van der Waals surface area contributed by atoms with Crippen LogP contribution in [0.2, 0.25) is 0 Å². The topological polar surface area (TPSA) is 458 Å². The predicted molar refractivity (Wildman–Crippen MR) is 461 cm³/mol. The van der Waals surface area contributed by atoms with E-state index in [0.29, 0.717) is 68.9 Å². The SMILES string of the molecule is C=C(C)C(=O)OC.C=C(C)C(=O)OCC1CO1.C=C(C)C(=O)OCCO.C=C(C)C(=O)OCCOC(=O)CC(C)=O.C=CC(=O)O.C=CC(=O)OC.C=CC(=O)OCC.C=CC(=O)OCC(C)CCCC.C=CC(=O)OCCCC.C=CC(=O)OCCO.C=CC(=O)OCCOc1ccccc1.C=CC(=O)OCc1ccccc1.C=COC(C)=O.CC. The molecule has 0 aromatic heterocycles. The fourth-order valence-corrected chi connectivity index (χ4v) is 5.13. The first kappa shape index (κ1) is 132. The van der Waals surface area contributed by atoms with E-state index < -0.39 is 41.8 Å². The van der Waals surface area contributed by atoms with Gasteiger partial charge in [-0.1, -0.05) is 188 Å². The van der Waals surface area contributed by atoms with Crippen molar-refractivity contribution in [3.05, 3.63) is 229 Å². The Labute approximate surface area is 719 Å². The number of para-hydroxylation sites is 1. The lowest BCUT2D eigenvalue weighted by molar-refractivity contribution is -0.151. The summed E-state index contributed by atoms with van der Waals surface area (Å²) in [6, 6.07) is 18.9. The number of methoxy groups -OCH3 is 2.